The minimum absolute atomic E-state index is 0.0654. The maximum absolute atomic E-state index is 13.8. The molecule has 0 saturated carbocycles. The third-order valence-electron chi connectivity index (χ3n) is 8.32. The highest BCUT2D eigenvalue weighted by Gasteiger charge is 2.34. The molecule has 248 valence electrons. The number of carbonyl (C=O) groups excluding carboxylic acids is 4. The van der Waals surface area contributed by atoms with Crippen LogP contribution in [0.25, 0.3) is 0 Å². The van der Waals surface area contributed by atoms with Crippen LogP contribution >= 0.6 is 0 Å². The summed E-state index contributed by atoms with van der Waals surface area (Å²) in [6.45, 7) is 8.05. The molecule has 0 aromatic rings. The van der Waals surface area contributed by atoms with Crippen LogP contribution in [-0.4, -0.2) is 86.6 Å². The number of hydrogen-bond acceptors (Lipinski definition) is 10. The van der Waals surface area contributed by atoms with Gasteiger partial charge in [0.15, 0.2) is 6.10 Å². The lowest BCUT2D eigenvalue weighted by Crippen LogP contribution is -2.38. The van der Waals surface area contributed by atoms with Crippen molar-refractivity contribution in [2.24, 2.45) is 17.6 Å². The lowest BCUT2D eigenvalue weighted by Gasteiger charge is -2.30. The second-order valence-corrected chi connectivity index (χ2v) is 11.9. The molecule has 2 amide bonds. The van der Waals surface area contributed by atoms with Crippen molar-refractivity contribution in [3.8, 4) is 0 Å². The van der Waals surface area contributed by atoms with E-state index in [0.29, 0.717) is 25.1 Å². The number of hydrogen-bond donors (Lipinski definition) is 4. The maximum atomic E-state index is 13.8. The summed E-state index contributed by atoms with van der Waals surface area (Å²) in [5.41, 5.74) is 6.53. The Kier molecular flexibility index (Phi) is 13.3. The summed E-state index contributed by atoms with van der Waals surface area (Å²) >= 11 is 0. The van der Waals surface area contributed by atoms with Crippen LogP contribution < -0.4 is 16.4 Å². The molecule has 1 fully saturated rings. The van der Waals surface area contributed by atoms with Crippen molar-refractivity contribution < 1.29 is 43.2 Å². The Hall–Kier alpha value is -3.58. The molecule has 2 heterocycles. The van der Waals surface area contributed by atoms with Crippen LogP contribution in [0.15, 0.2) is 58.5 Å². The van der Waals surface area contributed by atoms with Gasteiger partial charge in [0.2, 0.25) is 11.6 Å². The van der Waals surface area contributed by atoms with Crippen molar-refractivity contribution in [3.63, 3.8) is 0 Å². The van der Waals surface area contributed by atoms with Crippen molar-refractivity contribution in [3.05, 3.63) is 58.5 Å². The first-order chi connectivity index (χ1) is 21.4. The Morgan fingerprint density at radius 2 is 1.91 bits per heavy atom. The van der Waals surface area contributed by atoms with E-state index < -0.39 is 53.9 Å². The summed E-state index contributed by atoms with van der Waals surface area (Å²) in [7, 11) is 2.94. The number of nitrogens with one attached hydrogen (secondary N) is 2. The van der Waals surface area contributed by atoms with E-state index in [0.717, 1.165) is 18.9 Å². The van der Waals surface area contributed by atoms with Crippen LogP contribution in [-0.2, 0) is 33.3 Å². The zero-order chi connectivity index (χ0) is 33.3. The molecule has 5 N–H and O–H groups in total. The smallest absolute Gasteiger partial charge is 0.405 e. The predicted molar refractivity (Wildman–Crippen MR) is 167 cm³/mol. The molecular weight excluding hydrogens is 582 g/mol. The van der Waals surface area contributed by atoms with E-state index >= 15 is 0 Å². The molecule has 0 aromatic carbocycles. The molecule has 0 spiro atoms. The van der Waals surface area contributed by atoms with E-state index in [4.69, 9.17) is 24.7 Å². The Morgan fingerprint density at radius 1 is 1.18 bits per heavy atom. The Morgan fingerprint density at radius 3 is 2.53 bits per heavy atom. The lowest BCUT2D eigenvalue weighted by atomic mass is 9.85. The van der Waals surface area contributed by atoms with Gasteiger partial charge in [0.25, 0.3) is 5.91 Å². The minimum atomic E-state index is -0.998. The summed E-state index contributed by atoms with van der Waals surface area (Å²) in [4.78, 5) is 52.0. The SMILES string of the molecule is CO[C@H]1/C=C\C=C(/C)C(=O)NC2=CC(=O)C(NC[C@@H]3CCCO3)=C(C[C@@H](C)C[C@H](OC)[C@H](O)[C@@H](C)/C=C(\C)[C@@H]1OC(N)=O)C2=O. The lowest BCUT2D eigenvalue weighted by molar-refractivity contribution is -0.120. The second-order valence-electron chi connectivity index (χ2n) is 11.9. The topological polar surface area (TPSA) is 176 Å². The zero-order valence-corrected chi connectivity index (χ0v) is 27.0. The number of Topliss-reactive ketones (excluding diaryl/α,β-unsaturated/α-hetero) is 1. The molecular formula is C33H47N3O9. The monoisotopic (exact) mass is 629 g/mol. The van der Waals surface area contributed by atoms with Gasteiger partial charge in [0.05, 0.1) is 29.7 Å². The number of fused-ring (bicyclic) bond motifs is 2. The van der Waals surface area contributed by atoms with E-state index in [1.165, 1.54) is 20.3 Å². The predicted octanol–water partition coefficient (Wildman–Crippen LogP) is 2.53. The molecule has 2 bridgehead atoms. The quantitative estimate of drug-likeness (QED) is 0.252. The first-order valence-electron chi connectivity index (χ1n) is 15.3. The van der Waals surface area contributed by atoms with Gasteiger partial charge in [0.1, 0.15) is 6.10 Å². The molecule has 0 aromatic heterocycles. The number of primary amides is 1. The van der Waals surface area contributed by atoms with Crippen LogP contribution in [0.5, 0.6) is 0 Å². The van der Waals surface area contributed by atoms with Gasteiger partial charge in [-0.05, 0) is 51.0 Å². The molecule has 1 saturated heterocycles. The highest BCUT2D eigenvalue weighted by molar-refractivity contribution is 6.23. The zero-order valence-electron chi connectivity index (χ0n) is 27.0. The van der Waals surface area contributed by atoms with Gasteiger partial charge < -0.3 is 40.4 Å². The molecule has 7 atom stereocenters. The third-order valence-corrected chi connectivity index (χ3v) is 8.32. The third kappa shape index (κ3) is 9.70. The van der Waals surface area contributed by atoms with Crippen LogP contribution in [0.1, 0.15) is 53.4 Å². The number of rotatable bonds is 6. The fourth-order valence-corrected chi connectivity index (χ4v) is 5.80. The van der Waals surface area contributed by atoms with E-state index in [1.807, 2.05) is 13.8 Å². The van der Waals surface area contributed by atoms with Gasteiger partial charge in [-0.1, -0.05) is 38.2 Å². The summed E-state index contributed by atoms with van der Waals surface area (Å²) in [6, 6.07) is 0. The van der Waals surface area contributed by atoms with Crippen LogP contribution in [0.3, 0.4) is 0 Å². The van der Waals surface area contributed by atoms with Gasteiger partial charge in [-0.3, -0.25) is 14.4 Å². The normalized spacial score (nSPS) is 33.8. The van der Waals surface area contributed by atoms with Gasteiger partial charge in [-0.2, -0.15) is 0 Å². The standard InChI is InChI=1S/C33H47N3O9/c1-18-13-23-28(35-17-22-10-8-12-44-22)25(37)16-24(30(23)39)36-32(40)19(2)9-7-11-26(42-5)31(45-33(34)41)21(4)15-20(3)29(38)27(14-18)43-6/h7,9,11,15-16,18,20,22,26-27,29,31,35,38H,8,10,12-14,17H2,1-6H3,(H2,34,41)(H,36,40)/b11-7-,19-9+,21-15+/t18-,20+,22+,26+,27+,29-,31+/m1/s1. The number of aliphatic hydroxyl groups excluding tert-OH is 1. The molecule has 12 heteroatoms. The first-order valence-corrected chi connectivity index (χ1v) is 15.3. The molecule has 45 heavy (non-hydrogen) atoms. The molecule has 1 aliphatic carbocycles. The molecule has 3 aliphatic rings. The average Bonchev–Trinajstić information content (AvgIpc) is 3.51. The fourth-order valence-electron chi connectivity index (χ4n) is 5.80. The number of methoxy groups -OCH3 is 2. The van der Waals surface area contributed by atoms with E-state index in [-0.39, 0.29) is 41.0 Å². The van der Waals surface area contributed by atoms with Crippen LogP contribution in [0.2, 0.25) is 0 Å². The van der Waals surface area contributed by atoms with Crippen molar-refractivity contribution in [1.29, 1.82) is 0 Å². The van der Waals surface area contributed by atoms with Gasteiger partial charge in [-0.25, -0.2) is 4.79 Å². The summed E-state index contributed by atoms with van der Waals surface area (Å²) in [6.07, 6.45) is 5.56. The number of carbonyl (C=O) groups is 4. The second kappa shape index (κ2) is 16.6. The maximum Gasteiger partial charge on any atom is 0.405 e. The van der Waals surface area contributed by atoms with Crippen LogP contribution in [0.4, 0.5) is 4.79 Å². The molecule has 12 nitrogen and oxygen atoms in total. The average molecular weight is 630 g/mol. The van der Waals surface area contributed by atoms with Crippen molar-refractivity contribution in [2.75, 3.05) is 27.4 Å². The summed E-state index contributed by atoms with van der Waals surface area (Å²) in [5, 5.41) is 17.1. The highest BCUT2D eigenvalue weighted by Crippen LogP contribution is 2.29. The summed E-state index contributed by atoms with van der Waals surface area (Å²) in [5.74, 6) is -2.10. The van der Waals surface area contributed by atoms with E-state index in [1.54, 1.807) is 32.1 Å². The first kappa shape index (κ1) is 35.9. The molecule has 0 unspecified atom stereocenters. The Balaban J connectivity index is 2.03. The fraction of sp³-hybridized carbons (Fsp3) is 0.576. The van der Waals surface area contributed by atoms with E-state index in [2.05, 4.69) is 10.6 Å². The summed E-state index contributed by atoms with van der Waals surface area (Å²) < 4.78 is 22.3. The largest absolute Gasteiger partial charge is 0.439 e. The van der Waals surface area contributed by atoms with Crippen molar-refractivity contribution in [2.45, 2.75) is 83.9 Å². The number of ketones is 2. The Bertz CT molecular complexity index is 1280. The van der Waals surface area contributed by atoms with Gasteiger partial charge in [0, 0.05) is 50.5 Å². The number of ether oxygens (including phenoxy) is 4. The van der Waals surface area contributed by atoms with Crippen LogP contribution in [0, 0.1) is 11.8 Å². The molecule has 2 aliphatic heterocycles. The van der Waals surface area contributed by atoms with Crippen molar-refractivity contribution >= 4 is 23.6 Å². The number of amides is 2. The molecule has 0 radical (unpaired) electrons. The molecule has 3 rings (SSSR count). The Labute approximate surface area is 264 Å². The minimum Gasteiger partial charge on any atom is -0.439 e. The highest BCUT2D eigenvalue weighted by atomic mass is 16.6. The number of aliphatic hydroxyl groups is 1. The number of allylic oxidation sites excluding steroid dienone is 4. The van der Waals surface area contributed by atoms with E-state index in [9.17, 15) is 24.3 Å². The van der Waals surface area contributed by atoms with Gasteiger partial charge in [-0.15, -0.1) is 0 Å². The number of nitrogens with two attached hydrogens (primary N) is 1. The van der Waals surface area contributed by atoms with Crippen molar-refractivity contribution in [1.82, 2.24) is 10.6 Å². The van der Waals surface area contributed by atoms with Gasteiger partial charge >= 0.3 is 6.09 Å².